The van der Waals surface area contributed by atoms with Gasteiger partial charge in [0, 0.05) is 58.1 Å². The first kappa shape index (κ1) is 29.1. The minimum Gasteiger partial charge on any atom is -0.426 e. The number of piperazine rings is 1. The van der Waals surface area contributed by atoms with E-state index >= 15 is 0 Å². The summed E-state index contributed by atoms with van der Waals surface area (Å²) < 4.78 is 120. The number of amides is 1. The van der Waals surface area contributed by atoms with E-state index < -0.39 is 36.3 Å². The Hall–Kier alpha value is -2.42. The summed E-state index contributed by atoms with van der Waals surface area (Å²) in [6.45, 7) is 0.706. The summed E-state index contributed by atoms with van der Waals surface area (Å²) in [5.74, 6) is 0.0626. The number of rotatable bonds is 5. The number of aliphatic hydroxyl groups is 1. The van der Waals surface area contributed by atoms with Crippen LogP contribution >= 0.6 is 0 Å². The van der Waals surface area contributed by atoms with Gasteiger partial charge in [-0.3, -0.25) is 4.90 Å². The quantitative estimate of drug-likeness (QED) is 0.540. The van der Waals surface area contributed by atoms with Crippen molar-refractivity contribution in [3.63, 3.8) is 0 Å². The van der Waals surface area contributed by atoms with Crippen LogP contribution in [0.5, 0.6) is 0 Å². The molecule has 2 saturated heterocycles. The Morgan fingerprint density at radius 2 is 1.49 bits per heavy atom. The lowest BCUT2D eigenvalue weighted by atomic mass is 9.96. The van der Waals surface area contributed by atoms with E-state index in [1.807, 2.05) is 0 Å². The number of halogens is 9. The predicted molar refractivity (Wildman–Crippen MR) is 113 cm³/mol. The third-order valence-electron chi connectivity index (χ3n) is 6.46. The maximum Gasteiger partial charge on any atom is 0.434 e. The van der Waals surface area contributed by atoms with Gasteiger partial charge in [0.25, 0.3) is 6.10 Å². The second kappa shape index (κ2) is 11.1. The van der Waals surface area contributed by atoms with Gasteiger partial charge in [-0.05, 0) is 36.5 Å². The molecule has 1 aromatic carbocycles. The van der Waals surface area contributed by atoms with Gasteiger partial charge >= 0.3 is 24.6 Å². The minimum atomic E-state index is -5.82. The number of hydrogen-bond donors (Lipinski definition) is 1. The molecule has 0 radical (unpaired) electrons. The van der Waals surface area contributed by atoms with E-state index in [0.29, 0.717) is 37.2 Å². The van der Waals surface area contributed by atoms with Gasteiger partial charge in [-0.25, -0.2) is 4.79 Å². The summed E-state index contributed by atoms with van der Waals surface area (Å²) in [4.78, 5) is 16.2. The Labute approximate surface area is 206 Å². The molecule has 2 aliphatic heterocycles. The maximum absolute atomic E-state index is 13.3. The SMILES string of the molecule is O=C(OC(C(F)(F)F)C(F)(F)F)N1CCN(Cc2ccc(C(F)(F)F)cc2N2CCC(CO)CC2)CC1. The molecule has 0 spiro atoms. The van der Waals surface area contributed by atoms with Crippen LogP contribution in [0.15, 0.2) is 18.2 Å². The lowest BCUT2D eigenvalue weighted by Gasteiger charge is -2.37. The van der Waals surface area contributed by atoms with Gasteiger partial charge in [0.15, 0.2) is 0 Å². The van der Waals surface area contributed by atoms with Crippen LogP contribution in [0.4, 0.5) is 50.0 Å². The molecule has 0 atom stereocenters. The van der Waals surface area contributed by atoms with E-state index in [4.69, 9.17) is 0 Å². The number of aliphatic hydroxyl groups excluding tert-OH is 1. The van der Waals surface area contributed by atoms with Gasteiger partial charge in [-0.2, -0.15) is 39.5 Å². The summed E-state index contributed by atoms with van der Waals surface area (Å²) >= 11 is 0. The van der Waals surface area contributed by atoms with Crippen molar-refractivity contribution in [2.75, 3.05) is 50.8 Å². The first-order valence-corrected chi connectivity index (χ1v) is 11.5. The molecule has 0 saturated carbocycles. The zero-order valence-corrected chi connectivity index (χ0v) is 19.5. The standard InChI is InChI=1S/C22H26F9N3O3/c23-20(24,25)16-2-1-15(17(11-16)33-5-3-14(13-35)4-6-33)12-32-7-9-34(10-8-32)19(36)37-18(21(26,27)28)22(29,30)31/h1-2,11,14,18,35H,3-10,12-13H2. The second-order valence-corrected chi connectivity index (χ2v) is 9.06. The number of ether oxygens (including phenoxy) is 1. The first-order chi connectivity index (χ1) is 17.1. The maximum atomic E-state index is 13.3. The van der Waals surface area contributed by atoms with Gasteiger partial charge in [0.05, 0.1) is 5.56 Å². The molecule has 1 aromatic rings. The van der Waals surface area contributed by atoms with Crippen LogP contribution in [0.2, 0.25) is 0 Å². The molecule has 1 N–H and O–H groups in total. The number of hydrogen-bond acceptors (Lipinski definition) is 5. The van der Waals surface area contributed by atoms with Gasteiger partial charge in [-0.1, -0.05) is 6.07 Å². The van der Waals surface area contributed by atoms with Gasteiger partial charge in [0.2, 0.25) is 0 Å². The molecule has 2 aliphatic rings. The number of benzene rings is 1. The van der Waals surface area contributed by atoms with E-state index in [0.717, 1.165) is 17.0 Å². The summed E-state index contributed by atoms with van der Waals surface area (Å²) in [7, 11) is 0. The molecule has 15 heteroatoms. The van der Waals surface area contributed by atoms with Crippen molar-refractivity contribution in [3.05, 3.63) is 29.3 Å². The third-order valence-corrected chi connectivity index (χ3v) is 6.46. The Morgan fingerprint density at radius 1 is 0.919 bits per heavy atom. The van der Waals surface area contributed by atoms with Crippen LogP contribution in [0, 0.1) is 5.92 Å². The molecule has 2 heterocycles. The van der Waals surface area contributed by atoms with Crippen molar-refractivity contribution in [1.29, 1.82) is 0 Å². The van der Waals surface area contributed by atoms with E-state index in [1.165, 1.54) is 6.07 Å². The Morgan fingerprint density at radius 3 is 1.97 bits per heavy atom. The van der Waals surface area contributed by atoms with Crippen LogP contribution in [-0.4, -0.2) is 85.3 Å². The van der Waals surface area contributed by atoms with Crippen LogP contribution in [-0.2, 0) is 17.5 Å². The zero-order chi connectivity index (χ0) is 27.6. The number of carbonyl (C=O) groups is 1. The number of alkyl halides is 9. The van der Waals surface area contributed by atoms with Crippen LogP contribution in [0.25, 0.3) is 0 Å². The van der Waals surface area contributed by atoms with E-state index in [9.17, 15) is 49.4 Å². The molecule has 210 valence electrons. The Kier molecular flexibility index (Phi) is 8.77. The molecule has 0 aromatic heterocycles. The fourth-order valence-electron chi connectivity index (χ4n) is 4.35. The predicted octanol–water partition coefficient (Wildman–Crippen LogP) is 4.66. The number of nitrogens with zero attached hydrogens (tertiary/aromatic N) is 3. The molecule has 0 unspecified atom stereocenters. The van der Waals surface area contributed by atoms with E-state index in [-0.39, 0.29) is 45.2 Å². The zero-order valence-electron chi connectivity index (χ0n) is 19.5. The van der Waals surface area contributed by atoms with Crippen molar-refractivity contribution in [1.82, 2.24) is 9.80 Å². The average molecular weight is 551 g/mol. The molecular formula is C22H26F9N3O3. The molecule has 0 bridgehead atoms. The lowest BCUT2D eigenvalue weighted by molar-refractivity contribution is -0.308. The fourth-order valence-corrected chi connectivity index (χ4v) is 4.35. The largest absolute Gasteiger partial charge is 0.434 e. The fraction of sp³-hybridized carbons (Fsp3) is 0.682. The highest BCUT2D eigenvalue weighted by Gasteiger charge is 2.60. The van der Waals surface area contributed by atoms with Crippen molar-refractivity contribution in [2.24, 2.45) is 5.92 Å². The smallest absolute Gasteiger partial charge is 0.426 e. The molecule has 2 fully saturated rings. The van der Waals surface area contributed by atoms with Crippen molar-refractivity contribution in [2.45, 2.75) is 44.0 Å². The molecular weight excluding hydrogens is 525 g/mol. The highest BCUT2D eigenvalue weighted by molar-refractivity contribution is 5.68. The summed E-state index contributed by atoms with van der Waals surface area (Å²) in [6.07, 6.45) is -21.0. The molecule has 3 rings (SSSR count). The first-order valence-electron chi connectivity index (χ1n) is 11.5. The van der Waals surface area contributed by atoms with E-state index in [1.54, 1.807) is 9.80 Å². The highest BCUT2D eigenvalue weighted by Crippen LogP contribution is 2.37. The van der Waals surface area contributed by atoms with Gasteiger partial charge in [0.1, 0.15) is 0 Å². The molecule has 1 amide bonds. The molecule has 37 heavy (non-hydrogen) atoms. The highest BCUT2D eigenvalue weighted by atomic mass is 19.4. The van der Waals surface area contributed by atoms with Crippen molar-refractivity contribution < 1.29 is 54.2 Å². The van der Waals surface area contributed by atoms with E-state index in [2.05, 4.69) is 4.74 Å². The normalized spacial score (nSPS) is 19.0. The monoisotopic (exact) mass is 551 g/mol. The van der Waals surface area contributed by atoms with Crippen molar-refractivity contribution >= 4 is 11.8 Å². The Bertz CT molecular complexity index is 907. The number of anilines is 1. The third kappa shape index (κ3) is 7.55. The van der Waals surface area contributed by atoms with Gasteiger partial charge < -0.3 is 19.6 Å². The average Bonchev–Trinajstić information content (AvgIpc) is 2.81. The summed E-state index contributed by atoms with van der Waals surface area (Å²) in [6, 6.07) is 3.34. The van der Waals surface area contributed by atoms with Crippen LogP contribution in [0.3, 0.4) is 0 Å². The van der Waals surface area contributed by atoms with Crippen LogP contribution < -0.4 is 4.90 Å². The summed E-state index contributed by atoms with van der Waals surface area (Å²) in [5, 5.41) is 9.34. The number of carbonyl (C=O) groups excluding carboxylic acids is 1. The second-order valence-electron chi connectivity index (χ2n) is 9.06. The Balaban J connectivity index is 1.67. The molecule has 0 aliphatic carbocycles. The molecule has 6 nitrogen and oxygen atoms in total. The van der Waals surface area contributed by atoms with Crippen LogP contribution in [0.1, 0.15) is 24.0 Å². The minimum absolute atomic E-state index is 0.0112. The lowest BCUT2D eigenvalue weighted by Crippen LogP contribution is -2.52. The van der Waals surface area contributed by atoms with Crippen molar-refractivity contribution in [3.8, 4) is 0 Å². The number of piperidine rings is 1. The topological polar surface area (TPSA) is 56.2 Å². The van der Waals surface area contributed by atoms with Gasteiger partial charge in [-0.15, -0.1) is 0 Å². The summed E-state index contributed by atoms with van der Waals surface area (Å²) in [5.41, 5.74) is 0.0962.